The van der Waals surface area contributed by atoms with Crippen LogP contribution in [0.15, 0.2) is 22.6 Å². The maximum absolute atomic E-state index is 12.3. The van der Waals surface area contributed by atoms with E-state index in [1.54, 1.807) is 12.1 Å². The number of amides is 1. The Kier molecular flexibility index (Phi) is 8.11. The van der Waals surface area contributed by atoms with Crippen LogP contribution < -0.4 is 44.5 Å². The van der Waals surface area contributed by atoms with E-state index in [1.165, 1.54) is 6.07 Å². The smallest absolute Gasteiger partial charge is 1.00 e. The quantitative estimate of drug-likeness (QED) is 0.388. The van der Waals surface area contributed by atoms with Crippen LogP contribution in [0.1, 0.15) is 40.1 Å². The fraction of sp³-hybridized carbons (Fsp3) is 0.556. The van der Waals surface area contributed by atoms with Gasteiger partial charge in [0.2, 0.25) is 5.91 Å². The Balaban J connectivity index is 0.00000225. The summed E-state index contributed by atoms with van der Waals surface area (Å²) >= 11 is 0. The Hall–Kier alpha value is -1.17. The van der Waals surface area contributed by atoms with Crippen molar-refractivity contribution < 1.29 is 53.4 Å². The molecule has 2 unspecified atom stereocenters. The average Bonchev–Trinajstić information content (AvgIpc) is 2.63. The van der Waals surface area contributed by atoms with Crippen LogP contribution in [0.2, 0.25) is 0 Å². The predicted molar refractivity (Wildman–Crippen MR) is 105 cm³/mol. The van der Waals surface area contributed by atoms with Crippen LogP contribution in [0.3, 0.4) is 0 Å². The number of carbonyl (C=O) groups excluding carboxylic acids is 1. The van der Waals surface area contributed by atoms with Gasteiger partial charge in [0.1, 0.15) is 11.3 Å². The number of piperidine rings is 1. The van der Waals surface area contributed by atoms with Crippen molar-refractivity contribution >= 4 is 27.6 Å². The first-order chi connectivity index (χ1) is 13.2. The minimum Gasteiger partial charge on any atom is -1.00 e. The number of amidine groups is 1. The van der Waals surface area contributed by atoms with E-state index in [4.69, 9.17) is 10.5 Å². The SMILES string of the molecule is CC(C)CC(=O)N1CCCC(COc2cccc3c2C(N)=NS(=O)(=O)[NH+]3[O-])C1.[H-].[Na+]. The molecule has 2 atom stereocenters. The molecule has 29 heavy (non-hydrogen) atoms. The molecular formula is C18H27N4NaO5S. The average molecular weight is 434 g/mol. The number of nitrogens with one attached hydrogen (secondary N) is 1. The molecule has 11 heteroatoms. The summed E-state index contributed by atoms with van der Waals surface area (Å²) in [5.74, 6) is 0.706. The van der Waals surface area contributed by atoms with Crippen molar-refractivity contribution in [2.75, 3.05) is 19.7 Å². The summed E-state index contributed by atoms with van der Waals surface area (Å²) in [6.45, 7) is 5.77. The molecule has 2 heterocycles. The van der Waals surface area contributed by atoms with Crippen molar-refractivity contribution in [3.63, 3.8) is 0 Å². The molecular weight excluding hydrogens is 407 g/mol. The van der Waals surface area contributed by atoms with Crippen molar-refractivity contribution in [2.45, 2.75) is 33.1 Å². The Bertz CT molecular complexity index is 897. The fourth-order valence-corrected chi connectivity index (χ4v) is 4.44. The van der Waals surface area contributed by atoms with Gasteiger partial charge in [0.25, 0.3) is 0 Å². The zero-order valence-electron chi connectivity index (χ0n) is 18.1. The zero-order valence-corrected chi connectivity index (χ0v) is 19.9. The molecule has 0 radical (unpaired) electrons. The first kappa shape index (κ1) is 24.1. The minimum absolute atomic E-state index is 0. The van der Waals surface area contributed by atoms with Gasteiger partial charge in [0.05, 0.1) is 6.61 Å². The second-order valence-corrected chi connectivity index (χ2v) is 9.18. The number of ether oxygens (including phenoxy) is 1. The van der Waals surface area contributed by atoms with Crippen LogP contribution in [-0.2, 0) is 15.0 Å². The molecule has 1 aromatic rings. The number of hydrogen-bond acceptors (Lipinski definition) is 6. The van der Waals surface area contributed by atoms with Crippen LogP contribution in [0.25, 0.3) is 0 Å². The summed E-state index contributed by atoms with van der Waals surface area (Å²) in [5, 5.41) is 12.1. The van der Waals surface area contributed by atoms with E-state index in [-0.39, 0.29) is 59.9 Å². The first-order valence-corrected chi connectivity index (χ1v) is 10.8. The van der Waals surface area contributed by atoms with Crippen molar-refractivity contribution in [1.29, 1.82) is 0 Å². The molecule has 2 aliphatic rings. The molecule has 3 N–H and O–H groups in total. The van der Waals surface area contributed by atoms with E-state index < -0.39 is 14.7 Å². The second kappa shape index (κ2) is 9.76. The van der Waals surface area contributed by atoms with Crippen LogP contribution in [0.5, 0.6) is 5.75 Å². The first-order valence-electron chi connectivity index (χ1n) is 9.37. The van der Waals surface area contributed by atoms with Gasteiger partial charge in [-0.05, 0) is 24.8 Å². The largest absolute Gasteiger partial charge is 1.00 e. The van der Waals surface area contributed by atoms with Gasteiger partial charge in [0, 0.05) is 31.5 Å². The molecule has 1 fully saturated rings. The standard InChI is InChI=1S/C18H26N4O5S.Na.H/c1-12(2)9-16(23)21-8-4-5-13(10-21)11-27-15-7-3-6-14-17(15)18(19)20-28(25,26)22(14)24;;/h3,6-7,12-13,22H,4-5,8-11H2,1-2H3,(H2,19,20);;/q;+1;-1. The van der Waals surface area contributed by atoms with E-state index in [2.05, 4.69) is 4.40 Å². The maximum atomic E-state index is 12.3. The molecule has 0 saturated carbocycles. The molecule has 1 amide bonds. The second-order valence-electron chi connectivity index (χ2n) is 7.67. The molecule has 0 bridgehead atoms. The number of likely N-dealkylation sites (tertiary alicyclic amines) is 1. The zero-order chi connectivity index (χ0) is 20.5. The molecule has 0 aliphatic carbocycles. The molecule has 3 rings (SSSR count). The Labute approximate surface area is 194 Å². The summed E-state index contributed by atoms with van der Waals surface area (Å²) in [4.78, 5) is 14.2. The molecule has 2 aliphatic heterocycles. The van der Waals surface area contributed by atoms with Crippen LogP contribution in [-0.4, -0.2) is 44.8 Å². The van der Waals surface area contributed by atoms with E-state index in [1.807, 2.05) is 18.7 Å². The molecule has 1 saturated heterocycles. The molecule has 9 nitrogen and oxygen atoms in total. The maximum Gasteiger partial charge on any atom is 1.00 e. The summed E-state index contributed by atoms with van der Waals surface area (Å²) in [7, 11) is -4.28. The number of nitrogens with zero attached hydrogens (tertiary/aromatic N) is 2. The van der Waals surface area contributed by atoms with E-state index in [0.29, 0.717) is 31.2 Å². The van der Waals surface area contributed by atoms with Crippen molar-refractivity contribution in [2.24, 2.45) is 22.0 Å². The minimum atomic E-state index is -4.28. The van der Waals surface area contributed by atoms with Crippen LogP contribution in [0, 0.1) is 17.0 Å². The Morgan fingerprint density at radius 3 is 2.90 bits per heavy atom. The number of carbonyl (C=O) groups is 1. The molecule has 0 spiro atoms. The van der Waals surface area contributed by atoms with Crippen molar-refractivity contribution in [3.8, 4) is 5.75 Å². The third-order valence-electron chi connectivity index (χ3n) is 4.88. The number of rotatable bonds is 5. The van der Waals surface area contributed by atoms with Crippen LogP contribution in [0.4, 0.5) is 5.69 Å². The predicted octanol–water partition coefficient (Wildman–Crippen LogP) is -2.56. The number of quaternary nitrogens is 1. The summed E-state index contributed by atoms with van der Waals surface area (Å²) in [6.07, 6.45) is 2.37. The molecule has 1 aromatic carbocycles. The summed E-state index contributed by atoms with van der Waals surface area (Å²) in [5.41, 5.74) is 5.98. The Morgan fingerprint density at radius 1 is 1.48 bits per heavy atom. The monoisotopic (exact) mass is 434 g/mol. The van der Waals surface area contributed by atoms with Gasteiger partial charge in [-0.3, -0.25) is 4.79 Å². The fourth-order valence-electron chi connectivity index (χ4n) is 3.55. The topological polar surface area (TPSA) is 130 Å². The van der Waals surface area contributed by atoms with E-state index in [0.717, 1.165) is 19.4 Å². The number of nitrogens with two attached hydrogens (primary N) is 1. The van der Waals surface area contributed by atoms with E-state index in [9.17, 15) is 18.4 Å². The third kappa shape index (κ3) is 5.50. The number of hydrogen-bond donors (Lipinski definition) is 2. The summed E-state index contributed by atoms with van der Waals surface area (Å²) < 4.78 is 31.7. The number of fused-ring (bicyclic) bond motifs is 1. The molecule has 0 aromatic heterocycles. The normalized spacial score (nSPS) is 23.0. The van der Waals surface area contributed by atoms with Gasteiger partial charge >= 0.3 is 39.8 Å². The summed E-state index contributed by atoms with van der Waals surface area (Å²) in [6, 6.07) is 4.59. The van der Waals surface area contributed by atoms with Crippen LogP contribution >= 0.6 is 0 Å². The van der Waals surface area contributed by atoms with Gasteiger partial charge in [0.15, 0.2) is 11.5 Å². The van der Waals surface area contributed by atoms with Gasteiger partial charge in [-0.25, -0.2) is 4.47 Å². The third-order valence-corrected chi connectivity index (χ3v) is 6.01. The van der Waals surface area contributed by atoms with Crippen molar-refractivity contribution in [3.05, 3.63) is 29.0 Å². The van der Waals surface area contributed by atoms with Gasteiger partial charge in [-0.2, -0.15) is 0 Å². The number of benzene rings is 1. The molecule has 156 valence electrons. The van der Waals surface area contributed by atoms with Crippen molar-refractivity contribution in [1.82, 2.24) is 4.90 Å². The van der Waals surface area contributed by atoms with Gasteiger partial charge in [-0.15, -0.1) is 8.42 Å². The Morgan fingerprint density at radius 2 is 2.21 bits per heavy atom. The van der Waals surface area contributed by atoms with Gasteiger partial charge in [-0.1, -0.05) is 24.3 Å². The van der Waals surface area contributed by atoms with Gasteiger partial charge < -0.3 is 22.0 Å². The van der Waals surface area contributed by atoms with E-state index >= 15 is 0 Å².